The lowest BCUT2D eigenvalue weighted by atomic mass is 10.1. The van der Waals surface area contributed by atoms with Crippen molar-refractivity contribution in [3.63, 3.8) is 0 Å². The average molecular weight is 181 g/mol. The molecule has 11 heavy (non-hydrogen) atoms. The van der Waals surface area contributed by atoms with Crippen molar-refractivity contribution in [2.45, 2.75) is 26.1 Å². The smallest absolute Gasteiger partial charge is 0.241 e. The Labute approximate surface area is 66.9 Å². The lowest BCUT2D eigenvalue weighted by Gasteiger charge is -2.18. The second-order valence-corrected chi connectivity index (χ2v) is 5.55. The molecule has 5 heteroatoms. The highest BCUT2D eigenvalue weighted by molar-refractivity contribution is 7.58. The van der Waals surface area contributed by atoms with E-state index in [0.29, 0.717) is 6.42 Å². The molecular formula is C6H16NO3P. The van der Waals surface area contributed by atoms with Crippen LogP contribution in [-0.2, 0) is 4.57 Å². The lowest BCUT2D eigenvalue weighted by Crippen LogP contribution is -2.23. The van der Waals surface area contributed by atoms with Crippen LogP contribution in [0.1, 0.15) is 20.3 Å². The maximum Gasteiger partial charge on any atom is 0.241 e. The van der Waals surface area contributed by atoms with E-state index in [9.17, 15) is 4.57 Å². The summed E-state index contributed by atoms with van der Waals surface area (Å²) in [6.07, 6.45) is -0.255. The zero-order valence-electron chi connectivity index (χ0n) is 6.90. The molecular weight excluding hydrogens is 165 g/mol. The van der Waals surface area contributed by atoms with Crippen molar-refractivity contribution in [2.75, 3.05) is 6.35 Å². The van der Waals surface area contributed by atoms with Gasteiger partial charge in [0.15, 0.2) is 0 Å². The van der Waals surface area contributed by atoms with Crippen LogP contribution in [0.4, 0.5) is 0 Å². The first kappa shape index (κ1) is 11.1. The summed E-state index contributed by atoms with van der Waals surface area (Å²) in [7, 11) is -3.49. The first-order chi connectivity index (χ1) is 4.90. The SMILES string of the molecule is CC(C)CC(N)P(=O)(O)CO. The minimum atomic E-state index is -3.49. The molecule has 0 heterocycles. The largest absolute Gasteiger partial charge is 0.386 e. The number of aliphatic hydroxyl groups excluding tert-OH is 1. The van der Waals surface area contributed by atoms with E-state index in [1.165, 1.54) is 0 Å². The van der Waals surface area contributed by atoms with Gasteiger partial charge in [0.2, 0.25) is 7.37 Å². The van der Waals surface area contributed by atoms with Gasteiger partial charge in [0, 0.05) is 0 Å². The highest BCUT2D eigenvalue weighted by Gasteiger charge is 2.26. The van der Waals surface area contributed by atoms with E-state index in [1.54, 1.807) is 0 Å². The molecule has 2 atom stereocenters. The monoisotopic (exact) mass is 181 g/mol. The van der Waals surface area contributed by atoms with Crippen LogP contribution in [0.2, 0.25) is 0 Å². The number of aliphatic hydroxyl groups is 1. The van der Waals surface area contributed by atoms with Gasteiger partial charge in [-0.3, -0.25) is 4.57 Å². The molecule has 4 N–H and O–H groups in total. The van der Waals surface area contributed by atoms with Gasteiger partial charge in [-0.15, -0.1) is 0 Å². The van der Waals surface area contributed by atoms with Crippen LogP contribution in [0.5, 0.6) is 0 Å². The Kier molecular flexibility index (Phi) is 4.26. The molecule has 68 valence electrons. The summed E-state index contributed by atoms with van der Waals surface area (Å²) in [5, 5.41) is 8.48. The summed E-state index contributed by atoms with van der Waals surface area (Å²) in [5.41, 5.74) is 5.39. The van der Waals surface area contributed by atoms with Gasteiger partial charge in [-0.25, -0.2) is 0 Å². The molecule has 0 aliphatic carbocycles. The highest BCUT2D eigenvalue weighted by Crippen LogP contribution is 2.44. The summed E-state index contributed by atoms with van der Waals surface area (Å²) in [6.45, 7) is 3.83. The minimum absolute atomic E-state index is 0.275. The first-order valence-corrected chi connectivity index (χ1v) is 5.49. The molecule has 0 bridgehead atoms. The summed E-state index contributed by atoms with van der Waals surface area (Å²) in [5.74, 6) is -0.510. The second kappa shape index (κ2) is 4.21. The van der Waals surface area contributed by atoms with E-state index in [2.05, 4.69) is 0 Å². The number of rotatable bonds is 4. The standard InChI is InChI=1S/C6H16NO3P/c1-5(2)3-6(7)11(9,10)4-8/h5-6,8H,3-4,7H2,1-2H3,(H,9,10). The van der Waals surface area contributed by atoms with Crippen molar-refractivity contribution < 1.29 is 14.6 Å². The summed E-state index contributed by atoms with van der Waals surface area (Å²) in [4.78, 5) is 9.02. The highest BCUT2D eigenvalue weighted by atomic mass is 31.2. The molecule has 0 saturated carbocycles. The molecule has 0 saturated heterocycles. The molecule has 0 aromatic carbocycles. The molecule has 0 spiro atoms. The van der Waals surface area contributed by atoms with Crippen LogP contribution < -0.4 is 5.73 Å². The molecule has 0 fully saturated rings. The Balaban J connectivity index is 4.02. The molecule has 4 nitrogen and oxygen atoms in total. The molecule has 0 amide bonds. The minimum Gasteiger partial charge on any atom is -0.386 e. The normalized spacial score (nSPS) is 19.8. The van der Waals surface area contributed by atoms with Crippen molar-refractivity contribution in [1.29, 1.82) is 0 Å². The number of nitrogens with two attached hydrogens (primary N) is 1. The van der Waals surface area contributed by atoms with Crippen molar-refractivity contribution in [2.24, 2.45) is 11.7 Å². The fourth-order valence-electron chi connectivity index (χ4n) is 0.753. The quantitative estimate of drug-likeness (QED) is 0.552. The summed E-state index contributed by atoms with van der Waals surface area (Å²) in [6, 6.07) is 0. The van der Waals surface area contributed by atoms with E-state index < -0.39 is 19.5 Å². The van der Waals surface area contributed by atoms with Crippen LogP contribution in [0.25, 0.3) is 0 Å². The Bertz CT molecular complexity index is 160. The molecule has 0 rings (SSSR count). The van der Waals surface area contributed by atoms with Crippen LogP contribution in [0.3, 0.4) is 0 Å². The molecule has 2 unspecified atom stereocenters. The van der Waals surface area contributed by atoms with Crippen LogP contribution in [-0.4, -0.2) is 22.1 Å². The van der Waals surface area contributed by atoms with E-state index in [-0.39, 0.29) is 5.92 Å². The van der Waals surface area contributed by atoms with Crippen LogP contribution in [0, 0.1) is 5.92 Å². The van der Waals surface area contributed by atoms with Crippen LogP contribution >= 0.6 is 7.37 Å². The van der Waals surface area contributed by atoms with Gasteiger partial charge in [0.25, 0.3) is 0 Å². The fraction of sp³-hybridized carbons (Fsp3) is 1.00. The van der Waals surface area contributed by atoms with Gasteiger partial charge in [-0.2, -0.15) is 0 Å². The van der Waals surface area contributed by atoms with Gasteiger partial charge >= 0.3 is 0 Å². The maximum atomic E-state index is 11.0. The van der Waals surface area contributed by atoms with Crippen molar-refractivity contribution >= 4 is 7.37 Å². The average Bonchev–Trinajstić information content (AvgIpc) is 1.86. The third kappa shape index (κ3) is 3.87. The fourth-order valence-corrected chi connectivity index (χ4v) is 1.71. The third-order valence-corrected chi connectivity index (χ3v) is 3.09. The van der Waals surface area contributed by atoms with Crippen LogP contribution in [0.15, 0.2) is 0 Å². The molecule has 0 aliphatic rings. The number of hydrogen-bond acceptors (Lipinski definition) is 3. The summed E-state index contributed by atoms with van der Waals surface area (Å²) >= 11 is 0. The van der Waals surface area contributed by atoms with Gasteiger partial charge < -0.3 is 15.7 Å². The Morgan fingerprint density at radius 3 is 2.27 bits per heavy atom. The van der Waals surface area contributed by atoms with Gasteiger partial charge in [0.1, 0.15) is 6.35 Å². The molecule has 0 aromatic rings. The number of hydrogen-bond donors (Lipinski definition) is 3. The van der Waals surface area contributed by atoms with E-state index in [4.69, 9.17) is 15.7 Å². The van der Waals surface area contributed by atoms with Gasteiger partial charge in [-0.1, -0.05) is 13.8 Å². The van der Waals surface area contributed by atoms with Gasteiger partial charge in [-0.05, 0) is 12.3 Å². The topological polar surface area (TPSA) is 83.6 Å². The zero-order valence-corrected chi connectivity index (χ0v) is 7.79. The maximum absolute atomic E-state index is 11.0. The molecule has 0 aliphatic heterocycles. The third-order valence-electron chi connectivity index (χ3n) is 1.43. The summed E-state index contributed by atoms with van der Waals surface area (Å²) < 4.78 is 11.0. The Morgan fingerprint density at radius 2 is 2.00 bits per heavy atom. The van der Waals surface area contributed by atoms with E-state index in [1.807, 2.05) is 13.8 Å². The van der Waals surface area contributed by atoms with E-state index in [0.717, 1.165) is 0 Å². The predicted molar refractivity (Wildman–Crippen MR) is 44.3 cm³/mol. The Hall–Kier alpha value is 0.110. The molecule has 0 radical (unpaired) electrons. The van der Waals surface area contributed by atoms with E-state index >= 15 is 0 Å². The zero-order chi connectivity index (χ0) is 9.07. The van der Waals surface area contributed by atoms with Crippen molar-refractivity contribution in [3.05, 3.63) is 0 Å². The molecule has 0 aromatic heterocycles. The predicted octanol–water partition coefficient (Wildman–Crippen LogP) is 0.537. The first-order valence-electron chi connectivity index (χ1n) is 3.58. The van der Waals surface area contributed by atoms with Crippen molar-refractivity contribution in [3.8, 4) is 0 Å². The second-order valence-electron chi connectivity index (χ2n) is 3.09. The lowest BCUT2D eigenvalue weighted by molar-refractivity contribution is 0.324. The van der Waals surface area contributed by atoms with Gasteiger partial charge in [0.05, 0.1) is 5.78 Å². The van der Waals surface area contributed by atoms with Crippen molar-refractivity contribution in [1.82, 2.24) is 0 Å². The Morgan fingerprint density at radius 1 is 1.55 bits per heavy atom.